The molecule has 1 nitrogen and oxygen atoms in total. The van der Waals surface area contributed by atoms with Gasteiger partial charge >= 0.3 is 0 Å². The van der Waals surface area contributed by atoms with Crippen LogP contribution in [0, 0.1) is 39.9 Å². The molecule has 0 aliphatic heterocycles. The van der Waals surface area contributed by atoms with Crippen LogP contribution in [0.3, 0.4) is 0 Å². The second kappa shape index (κ2) is 4.84. The molecular formula is C21H34O. The first-order valence-electron chi connectivity index (χ1n) is 9.85. The standard InChI is InChI=1S/C21H34O/c1-19(2)9-4-10-20(3)17(19)7-11-21-13-15(5-6-18(20)21)16(14-21)8-12-22/h12,15-18H,4-11,13-14H2,1-3H3/t15-,16-,17-,18-,20-,21-/m0/s1. The largest absolute Gasteiger partial charge is 0.303 e. The van der Waals surface area contributed by atoms with E-state index in [0.717, 1.165) is 30.1 Å². The summed E-state index contributed by atoms with van der Waals surface area (Å²) in [5.41, 5.74) is 1.75. The molecule has 22 heavy (non-hydrogen) atoms. The summed E-state index contributed by atoms with van der Waals surface area (Å²) in [5.74, 6) is 3.48. The van der Waals surface area contributed by atoms with E-state index in [2.05, 4.69) is 20.8 Å². The van der Waals surface area contributed by atoms with Gasteiger partial charge in [-0.15, -0.1) is 0 Å². The average molecular weight is 303 g/mol. The van der Waals surface area contributed by atoms with Crippen LogP contribution in [0.1, 0.15) is 85.0 Å². The van der Waals surface area contributed by atoms with E-state index >= 15 is 0 Å². The molecule has 0 aromatic carbocycles. The number of hydrogen-bond acceptors (Lipinski definition) is 1. The molecule has 0 heterocycles. The number of rotatable bonds is 2. The predicted octanol–water partition coefficient (Wildman–Crippen LogP) is 5.62. The van der Waals surface area contributed by atoms with Crippen molar-refractivity contribution in [1.29, 1.82) is 0 Å². The highest BCUT2D eigenvalue weighted by atomic mass is 16.1. The molecule has 6 atom stereocenters. The number of carbonyl (C=O) groups excluding carboxylic acids is 1. The van der Waals surface area contributed by atoms with Gasteiger partial charge in [-0.25, -0.2) is 0 Å². The maximum Gasteiger partial charge on any atom is 0.120 e. The topological polar surface area (TPSA) is 17.1 Å². The molecular weight excluding hydrogens is 268 g/mol. The highest BCUT2D eigenvalue weighted by molar-refractivity contribution is 5.50. The van der Waals surface area contributed by atoms with E-state index in [9.17, 15) is 4.79 Å². The molecule has 0 aromatic heterocycles. The maximum absolute atomic E-state index is 11.1. The van der Waals surface area contributed by atoms with Crippen molar-refractivity contribution < 1.29 is 4.79 Å². The summed E-state index contributed by atoms with van der Waals surface area (Å²) in [6, 6.07) is 0. The van der Waals surface area contributed by atoms with Gasteiger partial charge in [-0.3, -0.25) is 0 Å². The van der Waals surface area contributed by atoms with E-state index in [-0.39, 0.29) is 0 Å². The Morgan fingerprint density at radius 3 is 2.55 bits per heavy atom. The third-order valence-corrected chi connectivity index (χ3v) is 8.97. The van der Waals surface area contributed by atoms with E-state index in [1.54, 1.807) is 0 Å². The molecule has 124 valence electrons. The third-order valence-electron chi connectivity index (χ3n) is 8.97. The van der Waals surface area contributed by atoms with Gasteiger partial charge in [-0.2, -0.15) is 0 Å². The number of carbonyl (C=O) groups is 1. The second-order valence-corrected chi connectivity index (χ2v) is 10.3. The lowest BCUT2D eigenvalue weighted by atomic mass is 9.41. The Morgan fingerprint density at radius 2 is 1.77 bits per heavy atom. The zero-order valence-electron chi connectivity index (χ0n) is 14.9. The highest BCUT2D eigenvalue weighted by Gasteiger charge is 2.63. The van der Waals surface area contributed by atoms with Crippen LogP contribution in [0.15, 0.2) is 0 Å². The van der Waals surface area contributed by atoms with Crippen molar-refractivity contribution in [3.8, 4) is 0 Å². The van der Waals surface area contributed by atoms with Gasteiger partial charge in [0.05, 0.1) is 0 Å². The number of aldehydes is 1. The van der Waals surface area contributed by atoms with Crippen molar-refractivity contribution in [3.05, 3.63) is 0 Å². The number of fused-ring (bicyclic) bond motifs is 3. The molecule has 0 aromatic rings. The Balaban J connectivity index is 1.67. The Bertz CT molecular complexity index is 467. The normalized spacial score (nSPS) is 52.7. The molecule has 0 amide bonds. The van der Waals surface area contributed by atoms with E-state index in [0.29, 0.717) is 16.2 Å². The molecule has 0 unspecified atom stereocenters. The summed E-state index contributed by atoms with van der Waals surface area (Å²) in [5, 5.41) is 0. The van der Waals surface area contributed by atoms with Gasteiger partial charge in [0.25, 0.3) is 0 Å². The van der Waals surface area contributed by atoms with Gasteiger partial charge < -0.3 is 4.79 Å². The third kappa shape index (κ3) is 1.93. The summed E-state index contributed by atoms with van der Waals surface area (Å²) in [6.07, 6.45) is 15.0. The molecule has 0 radical (unpaired) electrons. The zero-order valence-corrected chi connectivity index (χ0v) is 14.9. The van der Waals surface area contributed by atoms with Crippen LogP contribution in [-0.4, -0.2) is 6.29 Å². The minimum Gasteiger partial charge on any atom is -0.303 e. The molecule has 1 spiro atoms. The Morgan fingerprint density at radius 1 is 0.955 bits per heavy atom. The molecule has 0 N–H and O–H groups in total. The molecule has 0 saturated heterocycles. The summed E-state index contributed by atoms with van der Waals surface area (Å²) in [4.78, 5) is 11.1. The molecule has 4 saturated carbocycles. The fourth-order valence-corrected chi connectivity index (χ4v) is 8.31. The van der Waals surface area contributed by atoms with Crippen LogP contribution < -0.4 is 0 Å². The highest BCUT2D eigenvalue weighted by Crippen LogP contribution is 2.72. The van der Waals surface area contributed by atoms with Crippen molar-refractivity contribution >= 4 is 6.29 Å². The van der Waals surface area contributed by atoms with Crippen molar-refractivity contribution in [2.24, 2.45) is 39.9 Å². The van der Waals surface area contributed by atoms with Gasteiger partial charge in [0, 0.05) is 6.42 Å². The Hall–Kier alpha value is -0.330. The van der Waals surface area contributed by atoms with Gasteiger partial charge in [-0.1, -0.05) is 27.2 Å². The fourth-order valence-electron chi connectivity index (χ4n) is 8.31. The predicted molar refractivity (Wildman–Crippen MR) is 90.5 cm³/mol. The van der Waals surface area contributed by atoms with E-state index in [1.165, 1.54) is 64.1 Å². The van der Waals surface area contributed by atoms with Crippen molar-refractivity contribution in [2.45, 2.75) is 85.0 Å². The SMILES string of the molecule is CC1(C)CCC[C@]2(C)[C@@H]3CC[C@H]4C[C@@]3(CC[C@@H]12)C[C@@H]4CC=O. The van der Waals surface area contributed by atoms with Gasteiger partial charge in [0.2, 0.25) is 0 Å². The smallest absolute Gasteiger partial charge is 0.120 e. The second-order valence-electron chi connectivity index (χ2n) is 10.3. The summed E-state index contributed by atoms with van der Waals surface area (Å²) < 4.78 is 0. The Labute approximate surface area is 136 Å². The van der Waals surface area contributed by atoms with Gasteiger partial charge in [0.15, 0.2) is 0 Å². The Kier molecular flexibility index (Phi) is 3.34. The first-order valence-corrected chi connectivity index (χ1v) is 9.85. The van der Waals surface area contributed by atoms with Crippen LogP contribution in [0.4, 0.5) is 0 Å². The van der Waals surface area contributed by atoms with Crippen LogP contribution in [0.2, 0.25) is 0 Å². The minimum absolute atomic E-state index is 0.548. The molecule has 4 aliphatic carbocycles. The minimum atomic E-state index is 0.548. The van der Waals surface area contributed by atoms with Crippen molar-refractivity contribution in [1.82, 2.24) is 0 Å². The molecule has 1 heteroatoms. The lowest BCUT2D eigenvalue weighted by Gasteiger charge is -2.64. The van der Waals surface area contributed by atoms with E-state index < -0.39 is 0 Å². The molecule has 2 bridgehead atoms. The first-order chi connectivity index (χ1) is 10.4. The quantitative estimate of drug-likeness (QED) is 0.605. The van der Waals surface area contributed by atoms with Crippen LogP contribution in [-0.2, 0) is 4.79 Å². The monoisotopic (exact) mass is 302 g/mol. The van der Waals surface area contributed by atoms with Crippen LogP contribution in [0.25, 0.3) is 0 Å². The lowest BCUT2D eigenvalue weighted by molar-refractivity contribution is -0.144. The molecule has 4 fully saturated rings. The van der Waals surface area contributed by atoms with E-state index in [4.69, 9.17) is 0 Å². The van der Waals surface area contributed by atoms with Crippen molar-refractivity contribution in [2.75, 3.05) is 0 Å². The average Bonchev–Trinajstić information content (AvgIpc) is 2.69. The van der Waals surface area contributed by atoms with E-state index in [1.807, 2.05) is 0 Å². The van der Waals surface area contributed by atoms with Crippen molar-refractivity contribution in [3.63, 3.8) is 0 Å². The summed E-state index contributed by atoms with van der Waals surface area (Å²) >= 11 is 0. The summed E-state index contributed by atoms with van der Waals surface area (Å²) in [7, 11) is 0. The fraction of sp³-hybridized carbons (Fsp3) is 0.952. The maximum atomic E-state index is 11.1. The molecule has 4 aliphatic rings. The van der Waals surface area contributed by atoms with Crippen LogP contribution >= 0.6 is 0 Å². The number of hydrogen-bond donors (Lipinski definition) is 0. The van der Waals surface area contributed by atoms with Crippen LogP contribution in [0.5, 0.6) is 0 Å². The first kappa shape index (κ1) is 15.2. The molecule has 4 rings (SSSR count). The lowest BCUT2D eigenvalue weighted by Crippen LogP contribution is -2.55. The van der Waals surface area contributed by atoms with Gasteiger partial charge in [0.1, 0.15) is 6.29 Å². The zero-order chi connectivity index (χ0) is 15.6. The van der Waals surface area contributed by atoms with Gasteiger partial charge in [-0.05, 0) is 91.3 Å². The summed E-state index contributed by atoms with van der Waals surface area (Å²) in [6.45, 7) is 7.75.